The number of nitrogens with one attached hydrogen (secondary N) is 1. The van der Waals surface area contributed by atoms with E-state index in [4.69, 9.17) is 4.42 Å². The molecule has 0 aliphatic heterocycles. The van der Waals surface area contributed by atoms with Crippen LogP contribution in [0.1, 0.15) is 23.2 Å². The van der Waals surface area contributed by atoms with Gasteiger partial charge in [-0.25, -0.2) is 4.79 Å². The zero-order valence-electron chi connectivity index (χ0n) is 10.9. The molecule has 3 rings (SSSR count). The minimum absolute atomic E-state index is 0.00237. The molecule has 5 nitrogen and oxygen atoms in total. The molecule has 104 valence electrons. The summed E-state index contributed by atoms with van der Waals surface area (Å²) in [7, 11) is 0. The Hall–Kier alpha value is -2.14. The molecule has 0 spiro atoms. The van der Waals surface area contributed by atoms with E-state index in [0.29, 0.717) is 17.5 Å². The summed E-state index contributed by atoms with van der Waals surface area (Å²) in [4.78, 5) is 23.9. The SMILES string of the molecule is O=C(NCC1(CO)CC1)c1cc2ccccc2oc1=O. The van der Waals surface area contributed by atoms with Gasteiger partial charge in [-0.15, -0.1) is 0 Å². The zero-order valence-corrected chi connectivity index (χ0v) is 10.9. The number of benzene rings is 1. The van der Waals surface area contributed by atoms with Crippen molar-refractivity contribution < 1.29 is 14.3 Å². The van der Waals surface area contributed by atoms with E-state index in [-0.39, 0.29) is 17.6 Å². The van der Waals surface area contributed by atoms with Gasteiger partial charge in [-0.2, -0.15) is 0 Å². The molecule has 0 unspecified atom stereocenters. The Kier molecular flexibility index (Phi) is 3.06. The van der Waals surface area contributed by atoms with Gasteiger partial charge in [0.15, 0.2) is 0 Å². The van der Waals surface area contributed by atoms with Crippen LogP contribution >= 0.6 is 0 Å². The summed E-state index contributed by atoms with van der Waals surface area (Å²) in [6.07, 6.45) is 1.80. The van der Waals surface area contributed by atoms with E-state index in [1.807, 2.05) is 6.07 Å². The van der Waals surface area contributed by atoms with Crippen molar-refractivity contribution in [3.8, 4) is 0 Å². The fourth-order valence-corrected chi connectivity index (χ4v) is 2.15. The van der Waals surface area contributed by atoms with Gasteiger partial charge in [-0.1, -0.05) is 18.2 Å². The molecule has 1 aliphatic carbocycles. The summed E-state index contributed by atoms with van der Waals surface area (Å²) in [5.41, 5.74) is -0.372. The predicted molar refractivity (Wildman–Crippen MR) is 73.6 cm³/mol. The fraction of sp³-hybridized carbons (Fsp3) is 0.333. The molecule has 2 aromatic rings. The van der Waals surface area contributed by atoms with Gasteiger partial charge in [-0.05, 0) is 25.0 Å². The first-order chi connectivity index (χ1) is 9.63. The third-order valence-corrected chi connectivity index (χ3v) is 3.80. The lowest BCUT2D eigenvalue weighted by Crippen LogP contribution is -2.34. The van der Waals surface area contributed by atoms with Crippen LogP contribution in [0.25, 0.3) is 11.0 Å². The molecule has 1 saturated carbocycles. The van der Waals surface area contributed by atoms with Crippen molar-refractivity contribution >= 4 is 16.9 Å². The van der Waals surface area contributed by atoms with Crippen LogP contribution < -0.4 is 10.9 Å². The van der Waals surface area contributed by atoms with E-state index in [1.165, 1.54) is 6.07 Å². The summed E-state index contributed by atoms with van der Waals surface area (Å²) in [6.45, 7) is 0.439. The van der Waals surface area contributed by atoms with Gasteiger partial charge in [0.05, 0.1) is 6.61 Å². The fourth-order valence-electron chi connectivity index (χ4n) is 2.15. The maximum atomic E-state index is 12.0. The van der Waals surface area contributed by atoms with Gasteiger partial charge in [0, 0.05) is 17.3 Å². The number of fused-ring (bicyclic) bond motifs is 1. The largest absolute Gasteiger partial charge is 0.422 e. The molecule has 5 heteroatoms. The van der Waals surface area contributed by atoms with E-state index >= 15 is 0 Å². The third kappa shape index (κ3) is 2.32. The molecular formula is C15H15NO4. The number of hydrogen-bond acceptors (Lipinski definition) is 4. The average Bonchev–Trinajstić information content (AvgIpc) is 3.25. The van der Waals surface area contributed by atoms with Crippen molar-refractivity contribution in [3.63, 3.8) is 0 Å². The van der Waals surface area contributed by atoms with Crippen molar-refractivity contribution in [1.82, 2.24) is 5.32 Å². The predicted octanol–water partition coefficient (Wildman–Crippen LogP) is 1.30. The highest BCUT2D eigenvalue weighted by Gasteiger charge is 2.42. The Balaban J connectivity index is 1.84. The highest BCUT2D eigenvalue weighted by molar-refractivity contribution is 5.96. The first kappa shape index (κ1) is 12.9. The van der Waals surface area contributed by atoms with E-state index in [1.54, 1.807) is 18.2 Å². The molecule has 1 heterocycles. The van der Waals surface area contributed by atoms with Gasteiger partial charge >= 0.3 is 5.63 Å². The van der Waals surface area contributed by atoms with Gasteiger partial charge in [-0.3, -0.25) is 4.79 Å². The molecule has 20 heavy (non-hydrogen) atoms. The average molecular weight is 273 g/mol. The molecule has 0 bridgehead atoms. The maximum Gasteiger partial charge on any atom is 0.349 e. The third-order valence-electron chi connectivity index (χ3n) is 3.80. The van der Waals surface area contributed by atoms with Crippen molar-refractivity contribution in [2.24, 2.45) is 5.41 Å². The van der Waals surface area contributed by atoms with Gasteiger partial charge < -0.3 is 14.8 Å². The van der Waals surface area contributed by atoms with Crippen molar-refractivity contribution in [2.75, 3.05) is 13.2 Å². The molecule has 1 aromatic carbocycles. The van der Waals surface area contributed by atoms with Crippen LogP contribution in [0.15, 0.2) is 39.5 Å². The quantitative estimate of drug-likeness (QED) is 0.823. The summed E-state index contributed by atoms with van der Waals surface area (Å²) in [5, 5.41) is 12.6. The molecule has 1 fully saturated rings. The van der Waals surface area contributed by atoms with Crippen molar-refractivity contribution in [1.29, 1.82) is 0 Å². The van der Waals surface area contributed by atoms with Crippen molar-refractivity contribution in [3.05, 3.63) is 46.3 Å². The Morgan fingerprint density at radius 3 is 2.80 bits per heavy atom. The van der Waals surface area contributed by atoms with Gasteiger partial charge in [0.25, 0.3) is 5.91 Å². The number of rotatable bonds is 4. The van der Waals surface area contributed by atoms with Crippen LogP contribution in [0.5, 0.6) is 0 Å². The highest BCUT2D eigenvalue weighted by atomic mass is 16.4. The molecular weight excluding hydrogens is 258 g/mol. The second kappa shape index (κ2) is 4.76. The molecule has 1 amide bonds. The number of hydrogen-bond donors (Lipinski definition) is 2. The summed E-state index contributed by atoms with van der Waals surface area (Å²) < 4.78 is 5.12. The monoisotopic (exact) mass is 273 g/mol. The number of para-hydroxylation sites is 1. The number of aliphatic hydroxyl groups is 1. The molecule has 1 aromatic heterocycles. The van der Waals surface area contributed by atoms with Gasteiger partial charge in [0.2, 0.25) is 0 Å². The van der Waals surface area contributed by atoms with Crippen LogP contribution in [0.2, 0.25) is 0 Å². The molecule has 2 N–H and O–H groups in total. The second-order valence-corrected chi connectivity index (χ2v) is 5.33. The Bertz CT molecular complexity index is 715. The standard InChI is InChI=1S/C15H15NO4/c17-9-15(5-6-15)8-16-13(18)11-7-10-3-1-2-4-12(10)20-14(11)19/h1-4,7,17H,5-6,8-9H2,(H,16,18). The van der Waals surface area contributed by atoms with Gasteiger partial charge in [0.1, 0.15) is 11.1 Å². The summed E-state index contributed by atoms with van der Waals surface area (Å²) >= 11 is 0. The normalized spacial score (nSPS) is 16.1. The van der Waals surface area contributed by atoms with E-state index in [9.17, 15) is 14.7 Å². The summed E-state index contributed by atoms with van der Waals surface area (Å²) in [5.74, 6) is -0.454. The summed E-state index contributed by atoms with van der Waals surface area (Å²) in [6, 6.07) is 8.58. The molecule has 1 aliphatic rings. The highest BCUT2D eigenvalue weighted by Crippen LogP contribution is 2.44. The van der Waals surface area contributed by atoms with Crippen LogP contribution in [0.4, 0.5) is 0 Å². The first-order valence-corrected chi connectivity index (χ1v) is 6.56. The molecule has 0 atom stereocenters. The molecule has 0 saturated heterocycles. The Labute approximate surface area is 115 Å². The minimum Gasteiger partial charge on any atom is -0.422 e. The van der Waals surface area contributed by atoms with E-state index in [2.05, 4.69) is 5.32 Å². The number of carbonyl (C=O) groups excluding carboxylic acids is 1. The Morgan fingerprint density at radius 2 is 2.10 bits per heavy atom. The first-order valence-electron chi connectivity index (χ1n) is 6.56. The smallest absolute Gasteiger partial charge is 0.349 e. The van der Waals surface area contributed by atoms with Crippen LogP contribution in [0, 0.1) is 5.41 Å². The number of aliphatic hydroxyl groups excluding tert-OH is 1. The van der Waals surface area contributed by atoms with Crippen LogP contribution in [-0.2, 0) is 0 Å². The lowest BCUT2D eigenvalue weighted by atomic mass is 10.1. The van der Waals surface area contributed by atoms with E-state index < -0.39 is 11.5 Å². The number of carbonyl (C=O) groups is 1. The lowest BCUT2D eigenvalue weighted by Gasteiger charge is -2.12. The maximum absolute atomic E-state index is 12.0. The lowest BCUT2D eigenvalue weighted by molar-refractivity contribution is 0.0931. The topological polar surface area (TPSA) is 79.5 Å². The Morgan fingerprint density at radius 1 is 1.35 bits per heavy atom. The molecule has 0 radical (unpaired) electrons. The number of amides is 1. The van der Waals surface area contributed by atoms with Crippen LogP contribution in [-0.4, -0.2) is 24.2 Å². The van der Waals surface area contributed by atoms with Crippen molar-refractivity contribution in [2.45, 2.75) is 12.8 Å². The van der Waals surface area contributed by atoms with Crippen LogP contribution in [0.3, 0.4) is 0 Å². The zero-order chi connectivity index (χ0) is 14.2. The van der Waals surface area contributed by atoms with E-state index in [0.717, 1.165) is 12.8 Å². The minimum atomic E-state index is -0.643. The second-order valence-electron chi connectivity index (χ2n) is 5.33.